The van der Waals surface area contributed by atoms with Crippen LogP contribution in [0, 0.1) is 20.8 Å². The van der Waals surface area contributed by atoms with E-state index in [4.69, 9.17) is 4.74 Å². The minimum absolute atomic E-state index is 0.0479. The third-order valence-corrected chi connectivity index (χ3v) is 3.94. The van der Waals surface area contributed by atoms with Crippen molar-refractivity contribution in [3.8, 4) is 5.75 Å². The average Bonchev–Trinajstić information content (AvgIpc) is 2.50. The van der Waals surface area contributed by atoms with Crippen molar-refractivity contribution in [1.29, 1.82) is 0 Å². The van der Waals surface area contributed by atoms with Crippen LogP contribution in [0.5, 0.6) is 5.75 Å². The number of aryl methyl sites for hydroxylation is 3. The first-order chi connectivity index (χ1) is 10.9. The Balaban J connectivity index is 1.98. The molecule has 23 heavy (non-hydrogen) atoms. The zero-order valence-electron chi connectivity index (χ0n) is 14.5. The quantitative estimate of drug-likeness (QED) is 0.896. The molecule has 2 aromatic rings. The predicted octanol–water partition coefficient (Wildman–Crippen LogP) is 4.26. The number of carbonyl (C=O) groups is 1. The smallest absolute Gasteiger partial charge is 0.261 e. The number of carbonyl (C=O) groups excluding carboxylic acids is 1. The van der Waals surface area contributed by atoms with Crippen LogP contribution in [0.4, 0.5) is 0 Å². The molecule has 0 aromatic heterocycles. The molecule has 0 aliphatic heterocycles. The van der Waals surface area contributed by atoms with Crippen LogP contribution in [0.25, 0.3) is 0 Å². The van der Waals surface area contributed by atoms with E-state index in [1.165, 1.54) is 11.1 Å². The predicted molar refractivity (Wildman–Crippen MR) is 93.7 cm³/mol. The van der Waals surface area contributed by atoms with Crippen LogP contribution >= 0.6 is 0 Å². The fraction of sp³-hybridized carbons (Fsp3) is 0.350. The van der Waals surface area contributed by atoms with Gasteiger partial charge >= 0.3 is 0 Å². The van der Waals surface area contributed by atoms with Crippen LogP contribution < -0.4 is 10.1 Å². The van der Waals surface area contributed by atoms with Crippen molar-refractivity contribution >= 4 is 5.91 Å². The summed E-state index contributed by atoms with van der Waals surface area (Å²) in [5.74, 6) is 0.638. The van der Waals surface area contributed by atoms with Crippen molar-refractivity contribution in [2.45, 2.75) is 46.8 Å². The van der Waals surface area contributed by atoms with Gasteiger partial charge in [0.2, 0.25) is 0 Å². The van der Waals surface area contributed by atoms with Gasteiger partial charge in [-0.2, -0.15) is 0 Å². The lowest BCUT2D eigenvalue weighted by Crippen LogP contribution is -2.37. The Morgan fingerprint density at radius 2 is 1.57 bits per heavy atom. The monoisotopic (exact) mass is 311 g/mol. The molecule has 3 heteroatoms. The Bertz CT molecular complexity index is 677. The highest BCUT2D eigenvalue weighted by molar-refractivity contribution is 5.81. The molecule has 0 fully saturated rings. The molecule has 0 heterocycles. The fourth-order valence-electron chi connectivity index (χ4n) is 2.44. The summed E-state index contributed by atoms with van der Waals surface area (Å²) in [4.78, 5) is 12.3. The molecule has 122 valence electrons. The molecule has 0 saturated carbocycles. The topological polar surface area (TPSA) is 38.3 Å². The van der Waals surface area contributed by atoms with E-state index in [2.05, 4.69) is 11.4 Å². The van der Waals surface area contributed by atoms with Gasteiger partial charge in [0, 0.05) is 0 Å². The molecule has 2 aromatic carbocycles. The van der Waals surface area contributed by atoms with Crippen LogP contribution in [0.2, 0.25) is 0 Å². The molecule has 0 bridgehead atoms. The lowest BCUT2D eigenvalue weighted by atomic mass is 10.1. The highest BCUT2D eigenvalue weighted by Gasteiger charge is 2.18. The molecule has 0 radical (unpaired) electrons. The van der Waals surface area contributed by atoms with Gasteiger partial charge in [0.1, 0.15) is 5.75 Å². The van der Waals surface area contributed by atoms with Crippen LogP contribution in [-0.2, 0) is 4.79 Å². The Morgan fingerprint density at radius 1 is 0.957 bits per heavy atom. The summed E-state index contributed by atoms with van der Waals surface area (Å²) in [6.45, 7) is 9.83. The molecule has 0 unspecified atom stereocenters. The van der Waals surface area contributed by atoms with Crippen molar-refractivity contribution in [1.82, 2.24) is 5.32 Å². The van der Waals surface area contributed by atoms with Crippen LogP contribution in [0.1, 0.15) is 42.1 Å². The molecule has 0 aliphatic rings. The van der Waals surface area contributed by atoms with E-state index >= 15 is 0 Å². The summed E-state index contributed by atoms with van der Waals surface area (Å²) in [7, 11) is 0. The molecule has 3 nitrogen and oxygen atoms in total. The van der Waals surface area contributed by atoms with Gasteiger partial charge in [-0.15, -0.1) is 0 Å². The maximum absolute atomic E-state index is 12.3. The normalized spacial score (nSPS) is 13.3. The van der Waals surface area contributed by atoms with Crippen LogP contribution in [-0.4, -0.2) is 12.0 Å². The van der Waals surface area contributed by atoms with E-state index in [0.29, 0.717) is 0 Å². The molecule has 1 N–H and O–H groups in total. The Labute approximate surface area is 138 Å². The van der Waals surface area contributed by atoms with Crippen LogP contribution in [0.15, 0.2) is 42.5 Å². The molecular weight excluding hydrogens is 286 g/mol. The molecule has 0 saturated heterocycles. The maximum Gasteiger partial charge on any atom is 0.261 e. The van der Waals surface area contributed by atoms with E-state index in [1.807, 2.05) is 64.1 Å². The number of hydrogen-bond donors (Lipinski definition) is 1. The fourth-order valence-corrected chi connectivity index (χ4v) is 2.44. The van der Waals surface area contributed by atoms with E-state index in [1.54, 1.807) is 6.92 Å². The first-order valence-corrected chi connectivity index (χ1v) is 7.97. The zero-order valence-corrected chi connectivity index (χ0v) is 14.5. The van der Waals surface area contributed by atoms with E-state index in [0.717, 1.165) is 16.9 Å². The number of ether oxygens (including phenoxy) is 1. The van der Waals surface area contributed by atoms with E-state index in [-0.39, 0.29) is 11.9 Å². The highest BCUT2D eigenvalue weighted by Crippen LogP contribution is 2.20. The number of benzene rings is 2. The largest absolute Gasteiger partial charge is 0.481 e. The number of rotatable bonds is 5. The summed E-state index contributed by atoms with van der Waals surface area (Å²) >= 11 is 0. The van der Waals surface area contributed by atoms with Gasteiger partial charge in [-0.25, -0.2) is 0 Å². The van der Waals surface area contributed by atoms with Gasteiger partial charge in [0.05, 0.1) is 6.04 Å². The van der Waals surface area contributed by atoms with Gasteiger partial charge in [0.25, 0.3) is 5.91 Å². The van der Waals surface area contributed by atoms with Gasteiger partial charge < -0.3 is 10.1 Å². The standard InChI is InChI=1S/C20H25NO2/c1-13-6-9-18(10-7-13)16(4)21-20(22)17(5)23-19-11-8-14(2)12-15(19)3/h6-12,16-17H,1-5H3,(H,21,22)/t16-,17+/m1/s1. The summed E-state index contributed by atoms with van der Waals surface area (Å²) in [5, 5.41) is 3.00. The lowest BCUT2D eigenvalue weighted by molar-refractivity contribution is -0.127. The van der Waals surface area contributed by atoms with Crippen molar-refractivity contribution in [3.63, 3.8) is 0 Å². The minimum Gasteiger partial charge on any atom is -0.481 e. The Hall–Kier alpha value is -2.29. The Kier molecular flexibility index (Phi) is 5.43. The summed E-state index contributed by atoms with van der Waals surface area (Å²) in [6, 6.07) is 14.1. The van der Waals surface area contributed by atoms with E-state index < -0.39 is 6.10 Å². The Morgan fingerprint density at radius 3 is 2.17 bits per heavy atom. The SMILES string of the molecule is Cc1ccc([C@@H](C)NC(=O)[C@H](C)Oc2ccc(C)cc2C)cc1. The second-order valence-electron chi connectivity index (χ2n) is 6.17. The number of nitrogens with one attached hydrogen (secondary N) is 1. The van der Waals surface area contributed by atoms with Gasteiger partial charge in [-0.05, 0) is 51.8 Å². The van der Waals surface area contributed by atoms with Crippen molar-refractivity contribution in [3.05, 3.63) is 64.7 Å². The van der Waals surface area contributed by atoms with Crippen molar-refractivity contribution in [2.75, 3.05) is 0 Å². The van der Waals surface area contributed by atoms with Crippen LogP contribution in [0.3, 0.4) is 0 Å². The molecule has 0 aliphatic carbocycles. The first kappa shape index (κ1) is 17.1. The molecular formula is C20H25NO2. The number of hydrogen-bond acceptors (Lipinski definition) is 2. The molecule has 2 rings (SSSR count). The molecule has 0 spiro atoms. The minimum atomic E-state index is -0.538. The number of amides is 1. The first-order valence-electron chi connectivity index (χ1n) is 7.97. The van der Waals surface area contributed by atoms with Crippen molar-refractivity contribution < 1.29 is 9.53 Å². The second kappa shape index (κ2) is 7.32. The molecule has 1 amide bonds. The zero-order chi connectivity index (χ0) is 17.0. The summed E-state index contributed by atoms with van der Waals surface area (Å²) < 4.78 is 5.81. The second-order valence-corrected chi connectivity index (χ2v) is 6.17. The highest BCUT2D eigenvalue weighted by atomic mass is 16.5. The van der Waals surface area contributed by atoms with Gasteiger partial charge in [0.15, 0.2) is 6.10 Å². The lowest BCUT2D eigenvalue weighted by Gasteiger charge is -2.20. The average molecular weight is 311 g/mol. The maximum atomic E-state index is 12.3. The molecule has 2 atom stereocenters. The van der Waals surface area contributed by atoms with E-state index in [9.17, 15) is 4.79 Å². The summed E-state index contributed by atoms with van der Waals surface area (Å²) in [6.07, 6.45) is -0.538. The van der Waals surface area contributed by atoms with Gasteiger partial charge in [-0.1, -0.05) is 47.5 Å². The third kappa shape index (κ3) is 4.59. The third-order valence-electron chi connectivity index (χ3n) is 3.94. The summed E-state index contributed by atoms with van der Waals surface area (Å²) in [5.41, 5.74) is 4.51. The van der Waals surface area contributed by atoms with Gasteiger partial charge in [-0.3, -0.25) is 4.79 Å². The van der Waals surface area contributed by atoms with Crippen molar-refractivity contribution in [2.24, 2.45) is 0 Å².